The van der Waals surface area contributed by atoms with Crippen molar-refractivity contribution in [2.24, 2.45) is 4.99 Å². The molecule has 0 saturated heterocycles. The molecular formula is C14H31IN4O. The van der Waals surface area contributed by atoms with E-state index in [1.165, 1.54) is 12.8 Å². The third-order valence-electron chi connectivity index (χ3n) is 2.31. The highest BCUT2D eigenvalue weighted by Gasteiger charge is 2.13. The van der Waals surface area contributed by atoms with Gasteiger partial charge in [0, 0.05) is 18.6 Å². The molecule has 0 atom stereocenters. The number of guanidine groups is 1. The van der Waals surface area contributed by atoms with Crippen LogP contribution in [0.25, 0.3) is 0 Å². The van der Waals surface area contributed by atoms with Gasteiger partial charge in [-0.15, -0.1) is 24.0 Å². The molecule has 20 heavy (non-hydrogen) atoms. The number of carbonyl (C=O) groups is 1. The number of unbranched alkanes of at least 4 members (excludes halogenated alkanes) is 2. The molecule has 0 aliphatic rings. The van der Waals surface area contributed by atoms with Crippen LogP contribution in [0.5, 0.6) is 0 Å². The van der Waals surface area contributed by atoms with Crippen LogP contribution in [0.15, 0.2) is 4.99 Å². The SMILES string of the molecule is CCCCCNC(=NCC(=O)NC(C)(C)C)NCC.I. The van der Waals surface area contributed by atoms with Gasteiger partial charge in [0.05, 0.1) is 0 Å². The Labute approximate surface area is 140 Å². The third-order valence-corrected chi connectivity index (χ3v) is 2.31. The van der Waals surface area contributed by atoms with E-state index in [0.717, 1.165) is 19.5 Å². The zero-order chi connectivity index (χ0) is 14.7. The predicted octanol–water partition coefficient (Wildman–Crippen LogP) is 2.26. The molecule has 1 amide bonds. The summed E-state index contributed by atoms with van der Waals surface area (Å²) in [6, 6.07) is 0. The second-order valence-electron chi connectivity index (χ2n) is 5.63. The summed E-state index contributed by atoms with van der Waals surface area (Å²) in [4.78, 5) is 15.9. The summed E-state index contributed by atoms with van der Waals surface area (Å²) in [5.41, 5.74) is -0.209. The average molecular weight is 398 g/mol. The number of halogens is 1. The fourth-order valence-electron chi connectivity index (χ4n) is 1.53. The van der Waals surface area contributed by atoms with E-state index >= 15 is 0 Å². The largest absolute Gasteiger partial charge is 0.357 e. The Morgan fingerprint density at radius 1 is 1.10 bits per heavy atom. The summed E-state index contributed by atoms with van der Waals surface area (Å²) in [5, 5.41) is 9.26. The van der Waals surface area contributed by atoms with Gasteiger partial charge in [0.1, 0.15) is 6.54 Å². The molecule has 0 heterocycles. The lowest BCUT2D eigenvalue weighted by atomic mass is 10.1. The van der Waals surface area contributed by atoms with Gasteiger partial charge >= 0.3 is 0 Å². The van der Waals surface area contributed by atoms with Gasteiger partial charge in [0.15, 0.2) is 5.96 Å². The van der Waals surface area contributed by atoms with Gasteiger partial charge in [0.25, 0.3) is 0 Å². The molecule has 0 rings (SSSR count). The molecule has 0 spiro atoms. The topological polar surface area (TPSA) is 65.5 Å². The summed E-state index contributed by atoms with van der Waals surface area (Å²) in [5.74, 6) is 0.654. The number of aliphatic imine (C=N–C) groups is 1. The van der Waals surface area contributed by atoms with Gasteiger partial charge in [-0.2, -0.15) is 0 Å². The fourth-order valence-corrected chi connectivity index (χ4v) is 1.53. The van der Waals surface area contributed by atoms with E-state index in [2.05, 4.69) is 27.9 Å². The highest BCUT2D eigenvalue weighted by molar-refractivity contribution is 14.0. The summed E-state index contributed by atoms with van der Waals surface area (Å²) < 4.78 is 0. The van der Waals surface area contributed by atoms with E-state index in [9.17, 15) is 4.79 Å². The number of carbonyl (C=O) groups excluding carboxylic acids is 1. The first kappa shape index (κ1) is 21.8. The molecule has 0 radical (unpaired) electrons. The molecule has 0 aliphatic carbocycles. The number of hydrogen-bond donors (Lipinski definition) is 3. The standard InChI is InChI=1S/C14H30N4O.HI/c1-6-8-9-10-16-13(15-7-2)17-11-12(19)18-14(3,4)5;/h6-11H2,1-5H3,(H,18,19)(H2,15,16,17);1H. The van der Waals surface area contributed by atoms with Crippen LogP contribution in [0.2, 0.25) is 0 Å². The Morgan fingerprint density at radius 3 is 2.25 bits per heavy atom. The minimum atomic E-state index is -0.209. The van der Waals surface area contributed by atoms with Crippen LogP contribution >= 0.6 is 24.0 Å². The Bertz CT molecular complexity index is 287. The van der Waals surface area contributed by atoms with Gasteiger partial charge in [-0.05, 0) is 34.1 Å². The van der Waals surface area contributed by atoms with Crippen molar-refractivity contribution in [1.82, 2.24) is 16.0 Å². The smallest absolute Gasteiger partial charge is 0.242 e. The molecule has 0 fully saturated rings. The summed E-state index contributed by atoms with van der Waals surface area (Å²) in [6.45, 7) is 11.9. The molecule has 0 aromatic rings. The molecule has 0 aromatic carbocycles. The Morgan fingerprint density at radius 2 is 1.75 bits per heavy atom. The van der Waals surface area contributed by atoms with Crippen molar-refractivity contribution in [3.8, 4) is 0 Å². The Kier molecular flexibility index (Phi) is 13.3. The minimum absolute atomic E-state index is 0. The quantitative estimate of drug-likeness (QED) is 0.267. The monoisotopic (exact) mass is 398 g/mol. The van der Waals surface area contributed by atoms with Crippen LogP contribution in [-0.4, -0.2) is 37.0 Å². The van der Waals surface area contributed by atoms with Gasteiger partial charge in [0.2, 0.25) is 5.91 Å². The molecular weight excluding hydrogens is 367 g/mol. The summed E-state index contributed by atoms with van der Waals surface area (Å²) in [7, 11) is 0. The van der Waals surface area contributed by atoms with Gasteiger partial charge in [-0.3, -0.25) is 4.79 Å². The first-order valence-corrected chi connectivity index (χ1v) is 7.22. The second kappa shape index (κ2) is 12.2. The predicted molar refractivity (Wildman–Crippen MR) is 96.8 cm³/mol. The first-order valence-electron chi connectivity index (χ1n) is 7.22. The van der Waals surface area contributed by atoms with Crippen molar-refractivity contribution in [2.75, 3.05) is 19.6 Å². The lowest BCUT2D eigenvalue weighted by molar-refractivity contribution is -0.121. The van der Waals surface area contributed by atoms with Crippen LogP contribution in [0.1, 0.15) is 53.9 Å². The zero-order valence-corrected chi connectivity index (χ0v) is 15.8. The number of amides is 1. The van der Waals surface area contributed by atoms with E-state index in [4.69, 9.17) is 0 Å². The molecule has 6 heteroatoms. The third kappa shape index (κ3) is 13.9. The lowest BCUT2D eigenvalue weighted by Gasteiger charge is -2.20. The highest BCUT2D eigenvalue weighted by atomic mass is 127. The maximum atomic E-state index is 11.7. The van der Waals surface area contributed by atoms with Crippen LogP contribution in [-0.2, 0) is 4.79 Å². The number of nitrogens with one attached hydrogen (secondary N) is 3. The van der Waals surface area contributed by atoms with Crippen LogP contribution in [0, 0.1) is 0 Å². The first-order chi connectivity index (χ1) is 8.89. The van der Waals surface area contributed by atoms with Crippen molar-refractivity contribution >= 4 is 35.8 Å². The minimum Gasteiger partial charge on any atom is -0.357 e. The van der Waals surface area contributed by atoms with Crippen LogP contribution in [0.3, 0.4) is 0 Å². The number of rotatable bonds is 7. The van der Waals surface area contributed by atoms with E-state index < -0.39 is 0 Å². The van der Waals surface area contributed by atoms with Crippen molar-refractivity contribution in [3.63, 3.8) is 0 Å². The van der Waals surface area contributed by atoms with E-state index in [-0.39, 0.29) is 42.0 Å². The maximum Gasteiger partial charge on any atom is 0.242 e. The average Bonchev–Trinajstić information content (AvgIpc) is 2.29. The second-order valence-corrected chi connectivity index (χ2v) is 5.63. The lowest BCUT2D eigenvalue weighted by Crippen LogP contribution is -2.43. The van der Waals surface area contributed by atoms with Gasteiger partial charge in [-0.25, -0.2) is 4.99 Å². The molecule has 3 N–H and O–H groups in total. The van der Waals surface area contributed by atoms with Crippen LogP contribution < -0.4 is 16.0 Å². The normalized spacial score (nSPS) is 11.6. The van der Waals surface area contributed by atoms with E-state index in [0.29, 0.717) is 5.96 Å². The van der Waals surface area contributed by atoms with Gasteiger partial charge in [-0.1, -0.05) is 19.8 Å². The maximum absolute atomic E-state index is 11.7. The van der Waals surface area contributed by atoms with E-state index in [1.807, 2.05) is 27.7 Å². The van der Waals surface area contributed by atoms with Gasteiger partial charge < -0.3 is 16.0 Å². The molecule has 120 valence electrons. The number of nitrogens with zero attached hydrogens (tertiary/aromatic N) is 1. The Balaban J connectivity index is 0. The summed E-state index contributed by atoms with van der Waals surface area (Å²) >= 11 is 0. The molecule has 0 bridgehead atoms. The van der Waals surface area contributed by atoms with Crippen molar-refractivity contribution < 1.29 is 4.79 Å². The zero-order valence-electron chi connectivity index (χ0n) is 13.5. The molecule has 5 nitrogen and oxygen atoms in total. The molecule has 0 aromatic heterocycles. The van der Waals surface area contributed by atoms with Crippen LogP contribution in [0.4, 0.5) is 0 Å². The molecule has 0 saturated carbocycles. The van der Waals surface area contributed by atoms with Crippen molar-refractivity contribution in [2.45, 2.75) is 59.4 Å². The highest BCUT2D eigenvalue weighted by Crippen LogP contribution is 1.97. The number of hydrogen-bond acceptors (Lipinski definition) is 2. The van der Waals surface area contributed by atoms with E-state index in [1.54, 1.807) is 0 Å². The summed E-state index contributed by atoms with van der Waals surface area (Å²) in [6.07, 6.45) is 3.52. The Hall–Kier alpha value is -0.530. The fraction of sp³-hybridized carbons (Fsp3) is 0.857. The molecule has 0 unspecified atom stereocenters. The van der Waals surface area contributed by atoms with Crippen molar-refractivity contribution in [1.29, 1.82) is 0 Å². The molecule has 0 aliphatic heterocycles. The van der Waals surface area contributed by atoms with Crippen molar-refractivity contribution in [3.05, 3.63) is 0 Å².